The minimum atomic E-state index is -0.127. The summed E-state index contributed by atoms with van der Waals surface area (Å²) < 4.78 is 3.47. The van der Waals surface area contributed by atoms with Gasteiger partial charge >= 0.3 is 4.87 Å². The fourth-order valence-corrected chi connectivity index (χ4v) is 3.52. The van der Waals surface area contributed by atoms with Gasteiger partial charge in [-0.05, 0) is 54.5 Å². The molecule has 1 N–H and O–H groups in total. The number of amides is 1. The average molecular weight is 370 g/mol. The van der Waals surface area contributed by atoms with Crippen molar-refractivity contribution in [2.24, 2.45) is 0 Å². The highest BCUT2D eigenvalue weighted by Crippen LogP contribution is 2.36. The predicted octanol–water partition coefficient (Wildman–Crippen LogP) is 2.24. The summed E-state index contributed by atoms with van der Waals surface area (Å²) in [6.45, 7) is 2.25. The number of hydrogen-bond donors (Lipinski definition) is 1. The summed E-state index contributed by atoms with van der Waals surface area (Å²) >= 11 is 1.15. The van der Waals surface area contributed by atoms with Crippen molar-refractivity contribution in [3.05, 3.63) is 45.0 Å². The van der Waals surface area contributed by atoms with Gasteiger partial charge < -0.3 is 9.88 Å². The van der Waals surface area contributed by atoms with E-state index in [9.17, 15) is 9.59 Å². The SMILES string of the molecule is Cc1csc(=O)n1CCC(=O)Nc1ccc(-c2nnnn2C2CC2)cc1. The van der Waals surface area contributed by atoms with Crippen molar-refractivity contribution in [1.82, 2.24) is 24.8 Å². The summed E-state index contributed by atoms with van der Waals surface area (Å²) in [4.78, 5) is 23.8. The number of tetrazole rings is 1. The second kappa shape index (κ2) is 6.83. The standard InChI is InChI=1S/C17H18N6O2S/c1-11-10-26-17(25)22(11)9-8-15(24)18-13-4-2-12(3-5-13)16-19-20-21-23(16)14-6-7-14/h2-5,10,14H,6-9H2,1H3,(H,18,24). The van der Waals surface area contributed by atoms with E-state index in [1.54, 1.807) is 9.95 Å². The fourth-order valence-electron chi connectivity index (χ4n) is 2.76. The van der Waals surface area contributed by atoms with Crippen LogP contribution >= 0.6 is 11.3 Å². The molecule has 2 heterocycles. The Morgan fingerprint density at radius 2 is 2.08 bits per heavy atom. The number of carbonyl (C=O) groups is 1. The first-order chi connectivity index (χ1) is 12.6. The van der Waals surface area contributed by atoms with Crippen LogP contribution in [0.1, 0.15) is 31.0 Å². The third kappa shape index (κ3) is 3.43. The van der Waals surface area contributed by atoms with Crippen molar-refractivity contribution in [3.8, 4) is 11.4 Å². The number of nitrogens with one attached hydrogen (secondary N) is 1. The maximum atomic E-state index is 12.1. The molecule has 0 aliphatic heterocycles. The average Bonchev–Trinajstić information content (AvgIpc) is 3.28. The van der Waals surface area contributed by atoms with Gasteiger partial charge in [-0.25, -0.2) is 4.68 Å². The Balaban J connectivity index is 1.38. The van der Waals surface area contributed by atoms with Gasteiger partial charge in [-0.1, -0.05) is 11.3 Å². The van der Waals surface area contributed by atoms with Crippen LogP contribution in [0.4, 0.5) is 5.69 Å². The van der Waals surface area contributed by atoms with Crippen LogP contribution in [0, 0.1) is 6.92 Å². The molecule has 0 bridgehead atoms. The van der Waals surface area contributed by atoms with E-state index in [4.69, 9.17) is 0 Å². The van der Waals surface area contributed by atoms with Crippen molar-refractivity contribution in [2.45, 2.75) is 38.8 Å². The molecule has 1 aliphatic carbocycles. The topological polar surface area (TPSA) is 94.7 Å². The van der Waals surface area contributed by atoms with E-state index in [1.165, 1.54) is 0 Å². The number of benzene rings is 1. The Labute approximate surface area is 153 Å². The first kappa shape index (κ1) is 16.6. The molecule has 134 valence electrons. The van der Waals surface area contributed by atoms with E-state index < -0.39 is 0 Å². The summed E-state index contributed by atoms with van der Waals surface area (Å²) in [6.07, 6.45) is 2.47. The van der Waals surface area contributed by atoms with Crippen LogP contribution in [0.15, 0.2) is 34.4 Å². The highest BCUT2D eigenvalue weighted by Gasteiger charge is 2.28. The summed E-state index contributed by atoms with van der Waals surface area (Å²) in [5.74, 6) is 0.621. The molecule has 0 spiro atoms. The molecule has 2 aromatic heterocycles. The molecule has 1 aromatic carbocycles. The molecular weight excluding hydrogens is 352 g/mol. The van der Waals surface area contributed by atoms with Crippen LogP contribution in [-0.4, -0.2) is 30.7 Å². The van der Waals surface area contributed by atoms with Gasteiger partial charge in [-0.2, -0.15) is 0 Å². The molecule has 1 fully saturated rings. The molecule has 3 aromatic rings. The third-order valence-corrected chi connectivity index (χ3v) is 5.23. The molecule has 4 rings (SSSR count). The van der Waals surface area contributed by atoms with Crippen LogP contribution in [-0.2, 0) is 11.3 Å². The number of hydrogen-bond acceptors (Lipinski definition) is 6. The Morgan fingerprint density at radius 1 is 1.31 bits per heavy atom. The van der Waals surface area contributed by atoms with E-state index in [-0.39, 0.29) is 17.2 Å². The van der Waals surface area contributed by atoms with Crippen molar-refractivity contribution in [1.29, 1.82) is 0 Å². The smallest absolute Gasteiger partial charge is 0.307 e. The van der Waals surface area contributed by atoms with Gasteiger partial charge in [0.1, 0.15) is 0 Å². The molecule has 0 unspecified atom stereocenters. The highest BCUT2D eigenvalue weighted by atomic mass is 32.1. The molecule has 26 heavy (non-hydrogen) atoms. The van der Waals surface area contributed by atoms with E-state index >= 15 is 0 Å². The first-order valence-electron chi connectivity index (χ1n) is 8.45. The minimum Gasteiger partial charge on any atom is -0.326 e. The van der Waals surface area contributed by atoms with Crippen molar-refractivity contribution in [3.63, 3.8) is 0 Å². The lowest BCUT2D eigenvalue weighted by Crippen LogP contribution is -2.20. The van der Waals surface area contributed by atoms with Crippen LogP contribution < -0.4 is 10.2 Å². The molecular formula is C17H18N6O2S. The maximum Gasteiger partial charge on any atom is 0.307 e. The minimum absolute atomic E-state index is 0.0342. The third-order valence-electron chi connectivity index (χ3n) is 4.35. The van der Waals surface area contributed by atoms with E-state index in [0.29, 0.717) is 18.3 Å². The quantitative estimate of drug-likeness (QED) is 0.718. The molecule has 8 nitrogen and oxygen atoms in total. The lowest BCUT2D eigenvalue weighted by atomic mass is 10.2. The molecule has 9 heteroatoms. The normalized spacial score (nSPS) is 13.7. The molecule has 0 saturated heterocycles. The van der Waals surface area contributed by atoms with Crippen molar-refractivity contribution < 1.29 is 4.79 Å². The Morgan fingerprint density at radius 3 is 2.73 bits per heavy atom. The molecule has 1 saturated carbocycles. The number of carbonyl (C=O) groups excluding carboxylic acids is 1. The molecule has 1 aliphatic rings. The first-order valence-corrected chi connectivity index (χ1v) is 9.33. The summed E-state index contributed by atoms with van der Waals surface area (Å²) in [5.41, 5.74) is 2.50. The van der Waals surface area contributed by atoms with E-state index in [1.807, 2.05) is 35.9 Å². The zero-order valence-corrected chi connectivity index (χ0v) is 15.1. The molecule has 1 amide bonds. The van der Waals surface area contributed by atoms with E-state index in [0.717, 1.165) is 41.3 Å². The van der Waals surface area contributed by atoms with Gasteiger partial charge in [0.15, 0.2) is 5.82 Å². The number of nitrogens with zero attached hydrogens (tertiary/aromatic N) is 5. The second-order valence-electron chi connectivity index (χ2n) is 6.35. The maximum absolute atomic E-state index is 12.1. The van der Waals surface area contributed by atoms with Gasteiger partial charge in [0.05, 0.1) is 6.04 Å². The van der Waals surface area contributed by atoms with Crippen molar-refractivity contribution >= 4 is 22.9 Å². The number of aryl methyl sites for hydroxylation is 1. The lowest BCUT2D eigenvalue weighted by molar-refractivity contribution is -0.116. The number of thiazole rings is 1. The molecule has 0 radical (unpaired) electrons. The van der Waals surface area contributed by atoms with Crippen LogP contribution in [0.3, 0.4) is 0 Å². The van der Waals surface area contributed by atoms with Gasteiger partial charge in [-0.3, -0.25) is 9.59 Å². The zero-order valence-electron chi connectivity index (χ0n) is 14.3. The Kier molecular flexibility index (Phi) is 4.37. The number of anilines is 1. The predicted molar refractivity (Wildman–Crippen MR) is 98.1 cm³/mol. The Hall–Kier alpha value is -2.81. The zero-order chi connectivity index (χ0) is 18.1. The monoisotopic (exact) mass is 370 g/mol. The van der Waals surface area contributed by atoms with Gasteiger partial charge in [-0.15, -0.1) is 5.10 Å². The fraction of sp³-hybridized carbons (Fsp3) is 0.353. The van der Waals surface area contributed by atoms with E-state index in [2.05, 4.69) is 20.8 Å². The lowest BCUT2D eigenvalue weighted by Gasteiger charge is -2.08. The van der Waals surface area contributed by atoms with Gasteiger partial charge in [0.25, 0.3) is 0 Å². The van der Waals surface area contributed by atoms with Gasteiger partial charge in [0, 0.05) is 35.3 Å². The number of aromatic nitrogens is 5. The second-order valence-corrected chi connectivity index (χ2v) is 7.17. The number of rotatable bonds is 6. The van der Waals surface area contributed by atoms with Crippen LogP contribution in [0.5, 0.6) is 0 Å². The largest absolute Gasteiger partial charge is 0.326 e. The molecule has 0 atom stereocenters. The summed E-state index contributed by atoms with van der Waals surface area (Å²) in [6, 6.07) is 7.87. The van der Waals surface area contributed by atoms with Gasteiger partial charge in [0.2, 0.25) is 5.91 Å². The highest BCUT2D eigenvalue weighted by molar-refractivity contribution is 7.07. The van der Waals surface area contributed by atoms with Crippen LogP contribution in [0.25, 0.3) is 11.4 Å². The van der Waals surface area contributed by atoms with Crippen LogP contribution in [0.2, 0.25) is 0 Å². The summed E-state index contributed by atoms with van der Waals surface area (Å²) in [7, 11) is 0. The Bertz CT molecular complexity index is 983. The summed E-state index contributed by atoms with van der Waals surface area (Å²) in [5, 5.41) is 16.6. The van der Waals surface area contributed by atoms with Crippen molar-refractivity contribution in [2.75, 3.05) is 5.32 Å².